The van der Waals surface area contributed by atoms with Crippen LogP contribution < -0.4 is 5.56 Å². The van der Waals surface area contributed by atoms with Crippen LogP contribution in [0.5, 0.6) is 0 Å². The van der Waals surface area contributed by atoms with Gasteiger partial charge in [-0.15, -0.1) is 0 Å². The molecule has 1 N–H and O–H groups in total. The monoisotopic (exact) mass is 368 g/mol. The van der Waals surface area contributed by atoms with Crippen LogP contribution in [-0.2, 0) is 5.41 Å². The number of H-pyrrole nitrogens is 1. The minimum absolute atomic E-state index is 0.0234. The Bertz CT molecular complexity index is 868. The predicted octanol–water partition coefficient (Wildman–Crippen LogP) is 1.67. The number of carbonyl (C=O) groups is 2. The molecule has 3 rings (SSSR count). The molecule has 142 valence electrons. The third-order valence-corrected chi connectivity index (χ3v) is 4.75. The molecule has 0 aliphatic carbocycles. The zero-order valence-electron chi connectivity index (χ0n) is 15.9. The zero-order valence-corrected chi connectivity index (χ0v) is 15.9. The van der Waals surface area contributed by atoms with E-state index >= 15 is 0 Å². The highest BCUT2D eigenvalue weighted by Crippen LogP contribution is 2.22. The average molecular weight is 368 g/mol. The van der Waals surface area contributed by atoms with E-state index in [1.54, 1.807) is 9.80 Å². The van der Waals surface area contributed by atoms with E-state index in [-0.39, 0.29) is 28.5 Å². The summed E-state index contributed by atoms with van der Waals surface area (Å²) in [5, 5.41) is 6.04. The second-order valence-electron chi connectivity index (χ2n) is 7.72. The highest BCUT2D eigenvalue weighted by molar-refractivity contribution is 5.95. The van der Waals surface area contributed by atoms with Crippen LogP contribution in [0, 0.1) is 0 Å². The fourth-order valence-corrected chi connectivity index (χ4v) is 3.03. The summed E-state index contributed by atoms with van der Waals surface area (Å²) in [6.07, 6.45) is 0. The highest BCUT2D eigenvalue weighted by atomic mass is 16.2. The minimum Gasteiger partial charge on any atom is -0.335 e. The number of aromatic nitrogens is 2. The molecule has 2 aromatic rings. The van der Waals surface area contributed by atoms with E-state index in [0.29, 0.717) is 31.7 Å². The summed E-state index contributed by atoms with van der Waals surface area (Å²) in [5.74, 6) is -0.266. The number of benzene rings is 1. The van der Waals surface area contributed by atoms with E-state index in [2.05, 4.69) is 31.0 Å². The Morgan fingerprint density at radius 3 is 1.93 bits per heavy atom. The molecule has 1 aromatic carbocycles. The number of hydrogen-bond donors (Lipinski definition) is 1. The van der Waals surface area contributed by atoms with Crippen molar-refractivity contribution in [3.63, 3.8) is 0 Å². The first-order valence-corrected chi connectivity index (χ1v) is 9.00. The molecule has 1 aliphatic heterocycles. The van der Waals surface area contributed by atoms with Crippen molar-refractivity contribution in [3.05, 3.63) is 63.6 Å². The molecule has 2 amide bonds. The SMILES string of the molecule is CC(C)(C)c1ccc(C(=O)N2CCN(C(=O)c3ccc(=O)[nH]n3)CC2)cc1. The van der Waals surface area contributed by atoms with E-state index in [1.165, 1.54) is 17.7 Å². The van der Waals surface area contributed by atoms with E-state index in [4.69, 9.17) is 0 Å². The number of hydrogen-bond acceptors (Lipinski definition) is 4. The van der Waals surface area contributed by atoms with Crippen molar-refractivity contribution in [1.29, 1.82) is 0 Å². The van der Waals surface area contributed by atoms with Gasteiger partial charge in [-0.1, -0.05) is 32.9 Å². The van der Waals surface area contributed by atoms with Crippen LogP contribution in [0.25, 0.3) is 0 Å². The second-order valence-corrected chi connectivity index (χ2v) is 7.72. The Morgan fingerprint density at radius 2 is 1.44 bits per heavy atom. The molecule has 0 saturated carbocycles. The van der Waals surface area contributed by atoms with Crippen molar-refractivity contribution >= 4 is 11.8 Å². The summed E-state index contributed by atoms with van der Waals surface area (Å²) in [7, 11) is 0. The first-order valence-electron chi connectivity index (χ1n) is 9.00. The molecule has 1 aliphatic rings. The molecule has 0 bridgehead atoms. The number of nitrogens with zero attached hydrogens (tertiary/aromatic N) is 3. The molecular weight excluding hydrogens is 344 g/mol. The maximum Gasteiger partial charge on any atom is 0.274 e. The minimum atomic E-state index is -0.348. The van der Waals surface area contributed by atoms with Gasteiger partial charge in [0.25, 0.3) is 17.4 Å². The van der Waals surface area contributed by atoms with Gasteiger partial charge in [-0.2, -0.15) is 5.10 Å². The van der Waals surface area contributed by atoms with Gasteiger partial charge in [0.15, 0.2) is 0 Å². The standard InChI is InChI=1S/C20H24N4O3/c1-20(2,3)15-6-4-14(5-7-15)18(26)23-10-12-24(13-11-23)19(27)16-8-9-17(25)22-21-16/h4-9H,10-13H2,1-3H3,(H,22,25). The van der Waals surface area contributed by atoms with Crippen molar-refractivity contribution in [2.45, 2.75) is 26.2 Å². The van der Waals surface area contributed by atoms with Crippen molar-refractivity contribution < 1.29 is 9.59 Å². The maximum atomic E-state index is 12.7. The lowest BCUT2D eigenvalue weighted by Crippen LogP contribution is -2.50. The van der Waals surface area contributed by atoms with E-state index < -0.39 is 0 Å². The van der Waals surface area contributed by atoms with Crippen molar-refractivity contribution in [1.82, 2.24) is 20.0 Å². The topological polar surface area (TPSA) is 86.4 Å². The fraction of sp³-hybridized carbons (Fsp3) is 0.400. The Hall–Kier alpha value is -2.96. The lowest BCUT2D eigenvalue weighted by molar-refractivity contribution is 0.0531. The lowest BCUT2D eigenvalue weighted by Gasteiger charge is -2.34. The summed E-state index contributed by atoms with van der Waals surface area (Å²) >= 11 is 0. The number of rotatable bonds is 2. The molecule has 0 atom stereocenters. The van der Waals surface area contributed by atoms with Crippen LogP contribution in [-0.4, -0.2) is 58.0 Å². The Morgan fingerprint density at radius 1 is 0.889 bits per heavy atom. The number of amides is 2. The normalized spacial score (nSPS) is 14.9. The second kappa shape index (κ2) is 7.34. The Balaban J connectivity index is 1.61. The number of aromatic amines is 1. The fourth-order valence-electron chi connectivity index (χ4n) is 3.03. The van der Waals surface area contributed by atoms with Crippen LogP contribution in [0.3, 0.4) is 0 Å². The first-order chi connectivity index (χ1) is 12.8. The third-order valence-electron chi connectivity index (χ3n) is 4.75. The number of piperazine rings is 1. The maximum absolute atomic E-state index is 12.7. The van der Waals surface area contributed by atoms with E-state index in [0.717, 1.165) is 0 Å². The van der Waals surface area contributed by atoms with Gasteiger partial charge in [0.1, 0.15) is 5.69 Å². The van der Waals surface area contributed by atoms with Gasteiger partial charge in [0.05, 0.1) is 0 Å². The summed E-state index contributed by atoms with van der Waals surface area (Å²) in [6, 6.07) is 10.4. The largest absolute Gasteiger partial charge is 0.335 e. The van der Waals surface area contributed by atoms with E-state index in [1.807, 2.05) is 24.3 Å². The molecular formula is C20H24N4O3. The van der Waals surface area contributed by atoms with Crippen LogP contribution in [0.1, 0.15) is 47.2 Å². The Labute approximate surface area is 158 Å². The zero-order chi connectivity index (χ0) is 19.6. The van der Waals surface area contributed by atoms with Crippen LogP contribution in [0.15, 0.2) is 41.2 Å². The predicted molar refractivity (Wildman–Crippen MR) is 102 cm³/mol. The molecule has 0 radical (unpaired) electrons. The summed E-state index contributed by atoms with van der Waals surface area (Å²) in [4.78, 5) is 39.6. The van der Waals surface area contributed by atoms with E-state index in [9.17, 15) is 14.4 Å². The van der Waals surface area contributed by atoms with Crippen molar-refractivity contribution in [2.24, 2.45) is 0 Å². The Kier molecular flexibility index (Phi) is 5.12. The molecule has 1 saturated heterocycles. The van der Waals surface area contributed by atoms with Crippen LogP contribution in [0.4, 0.5) is 0 Å². The number of nitrogens with one attached hydrogen (secondary N) is 1. The molecule has 0 spiro atoms. The van der Waals surface area contributed by atoms with Gasteiger partial charge < -0.3 is 9.80 Å². The molecule has 1 aromatic heterocycles. The first kappa shape index (κ1) is 18.8. The van der Waals surface area contributed by atoms with Gasteiger partial charge in [0.2, 0.25) is 0 Å². The molecule has 0 unspecified atom stereocenters. The van der Waals surface area contributed by atoms with Crippen molar-refractivity contribution in [2.75, 3.05) is 26.2 Å². The van der Waals surface area contributed by atoms with Gasteiger partial charge >= 0.3 is 0 Å². The summed E-state index contributed by atoms with van der Waals surface area (Å²) in [5.41, 5.74) is 1.74. The smallest absolute Gasteiger partial charge is 0.274 e. The van der Waals surface area contributed by atoms with Gasteiger partial charge in [-0.3, -0.25) is 14.4 Å². The third kappa shape index (κ3) is 4.24. The molecule has 7 nitrogen and oxygen atoms in total. The quantitative estimate of drug-likeness (QED) is 0.874. The van der Waals surface area contributed by atoms with Crippen LogP contribution >= 0.6 is 0 Å². The van der Waals surface area contributed by atoms with Crippen LogP contribution in [0.2, 0.25) is 0 Å². The highest BCUT2D eigenvalue weighted by Gasteiger charge is 2.26. The lowest BCUT2D eigenvalue weighted by atomic mass is 9.86. The van der Waals surface area contributed by atoms with Gasteiger partial charge in [0, 0.05) is 37.8 Å². The van der Waals surface area contributed by atoms with Crippen molar-refractivity contribution in [3.8, 4) is 0 Å². The average Bonchev–Trinajstić information content (AvgIpc) is 2.67. The number of carbonyl (C=O) groups excluding carboxylic acids is 2. The summed E-state index contributed by atoms with van der Waals surface area (Å²) < 4.78 is 0. The molecule has 7 heteroatoms. The van der Waals surface area contributed by atoms with Gasteiger partial charge in [-0.25, -0.2) is 5.10 Å². The molecule has 1 fully saturated rings. The summed E-state index contributed by atoms with van der Waals surface area (Å²) in [6.45, 7) is 8.21. The molecule has 2 heterocycles. The van der Waals surface area contributed by atoms with Gasteiger partial charge in [-0.05, 0) is 29.2 Å². The molecule has 27 heavy (non-hydrogen) atoms.